The highest BCUT2D eigenvalue weighted by molar-refractivity contribution is 6.20. The Labute approximate surface area is 220 Å². The number of amides is 1. The van der Waals surface area contributed by atoms with E-state index in [4.69, 9.17) is 24.9 Å². The molecule has 4 heterocycles. The maximum Gasteiger partial charge on any atom is 0.261 e. The largest absolute Gasteiger partial charge is 0.491 e. The van der Waals surface area contributed by atoms with Crippen molar-refractivity contribution < 1.29 is 24.1 Å². The predicted molar refractivity (Wildman–Crippen MR) is 140 cm³/mol. The van der Waals surface area contributed by atoms with Gasteiger partial charge in [0, 0.05) is 44.1 Å². The van der Waals surface area contributed by atoms with E-state index in [1.165, 1.54) is 19.5 Å². The van der Waals surface area contributed by atoms with Crippen molar-refractivity contribution in [3.05, 3.63) is 35.7 Å². The molecule has 0 saturated carbocycles. The summed E-state index contributed by atoms with van der Waals surface area (Å²) in [5.74, 6) is 1.46. The molecular weight excluding hydrogens is 492 g/mol. The number of methoxy groups -OCH3 is 1. The lowest BCUT2D eigenvalue weighted by atomic mass is 10.1. The van der Waals surface area contributed by atoms with E-state index in [1.54, 1.807) is 6.07 Å². The number of fused-ring (bicyclic) bond motifs is 3. The van der Waals surface area contributed by atoms with Crippen molar-refractivity contribution in [2.75, 3.05) is 52.2 Å². The van der Waals surface area contributed by atoms with Crippen LogP contribution in [0.15, 0.2) is 34.5 Å². The number of rotatable bonds is 7. The van der Waals surface area contributed by atoms with Crippen molar-refractivity contribution in [2.24, 2.45) is 9.98 Å². The Morgan fingerprint density at radius 3 is 2.71 bits per heavy atom. The zero-order chi connectivity index (χ0) is 26.8. The number of amidine groups is 1. The van der Waals surface area contributed by atoms with Crippen LogP contribution in [-0.2, 0) is 4.74 Å². The molecule has 1 aromatic heterocycles. The molecule has 13 nitrogen and oxygen atoms in total. The third-order valence-corrected chi connectivity index (χ3v) is 6.41. The number of hydrogen-bond acceptors (Lipinski definition) is 12. The number of aliphatic imine (C=N–C) groups is 2. The summed E-state index contributed by atoms with van der Waals surface area (Å²) in [5, 5.41) is 13.5. The Balaban J connectivity index is 1.34. The fraction of sp³-hybridized carbons (Fsp3) is 0.480. The summed E-state index contributed by atoms with van der Waals surface area (Å²) in [4.78, 5) is 33.9. The monoisotopic (exact) mass is 524 g/mol. The van der Waals surface area contributed by atoms with E-state index in [9.17, 15) is 9.90 Å². The van der Waals surface area contributed by atoms with Gasteiger partial charge in [0.2, 0.25) is 11.9 Å². The maximum absolute atomic E-state index is 12.9. The summed E-state index contributed by atoms with van der Waals surface area (Å²) in [6.45, 7) is 7.24. The van der Waals surface area contributed by atoms with Gasteiger partial charge in [-0.3, -0.25) is 24.9 Å². The van der Waals surface area contributed by atoms with E-state index in [0.29, 0.717) is 48.6 Å². The standard InChI is InChI=1S/C25H32N8O5/c1-14-10-32(11-15(2)38-14)12-17(34)13-37-19-5-4-18-20(21(19)36-3)30-25(33-7-6-27-22(18)33)31-23(35)16-8-28-24(26)29-9-16/h4-5,8-9,14-15,17,34H,6-7,10-13H2,1-3H3,(H2,26,28,29)(H,30,31,35)/t14-,15+,17-/m0/s1. The third kappa shape index (κ3) is 5.39. The highest BCUT2D eigenvalue weighted by Crippen LogP contribution is 2.43. The van der Waals surface area contributed by atoms with Crippen LogP contribution in [0, 0.1) is 0 Å². The normalized spacial score (nSPS) is 21.6. The first kappa shape index (κ1) is 25.8. The molecule has 0 aliphatic carbocycles. The van der Waals surface area contributed by atoms with Crippen molar-refractivity contribution >= 4 is 29.3 Å². The van der Waals surface area contributed by atoms with Crippen LogP contribution in [0.2, 0.25) is 0 Å². The van der Waals surface area contributed by atoms with E-state index < -0.39 is 12.0 Å². The highest BCUT2D eigenvalue weighted by atomic mass is 16.5. The molecule has 1 amide bonds. The van der Waals surface area contributed by atoms with Gasteiger partial charge in [-0.1, -0.05) is 0 Å². The number of β-amino-alcohol motifs (C(OH)–C–C–N with tert-alkyl or cyclic N) is 1. The van der Waals surface area contributed by atoms with Crippen molar-refractivity contribution in [2.45, 2.75) is 32.2 Å². The Hall–Kier alpha value is -3.81. The molecule has 4 N–H and O–H groups in total. The van der Waals surface area contributed by atoms with Crippen LogP contribution in [-0.4, -0.2) is 107 Å². The topological polar surface area (TPSA) is 160 Å². The molecule has 3 aliphatic heterocycles. The van der Waals surface area contributed by atoms with Gasteiger partial charge in [0.1, 0.15) is 24.2 Å². The number of nitrogens with one attached hydrogen (secondary N) is 1. The highest BCUT2D eigenvalue weighted by Gasteiger charge is 2.33. The first-order chi connectivity index (χ1) is 18.3. The van der Waals surface area contributed by atoms with Gasteiger partial charge in [0.15, 0.2) is 11.5 Å². The van der Waals surface area contributed by atoms with Crippen LogP contribution in [0.25, 0.3) is 0 Å². The second-order valence-corrected chi connectivity index (χ2v) is 9.51. The van der Waals surface area contributed by atoms with E-state index >= 15 is 0 Å². The number of nitrogens with two attached hydrogens (primary N) is 1. The fourth-order valence-corrected chi connectivity index (χ4v) is 4.90. The number of anilines is 1. The summed E-state index contributed by atoms with van der Waals surface area (Å²) in [6.07, 6.45) is 2.23. The van der Waals surface area contributed by atoms with Gasteiger partial charge < -0.3 is 25.1 Å². The van der Waals surface area contributed by atoms with Crippen LogP contribution in [0.5, 0.6) is 11.5 Å². The SMILES string of the molecule is COc1c(OC[C@@H](O)CN2C[C@@H](C)O[C@@H](C)C2)ccc2c1N=C(NC(=O)c1cnc(N)nc1)N1CCN=C21. The summed E-state index contributed by atoms with van der Waals surface area (Å²) < 4.78 is 17.4. The lowest BCUT2D eigenvalue weighted by Crippen LogP contribution is -2.48. The fourth-order valence-electron chi connectivity index (χ4n) is 4.90. The van der Waals surface area contributed by atoms with Gasteiger partial charge in [0.05, 0.1) is 31.4 Å². The molecule has 1 aromatic carbocycles. The first-order valence-electron chi connectivity index (χ1n) is 12.5. The molecule has 3 aliphatic rings. The second-order valence-electron chi connectivity index (χ2n) is 9.51. The maximum atomic E-state index is 12.9. The number of aliphatic hydroxyl groups is 1. The van der Waals surface area contributed by atoms with Crippen LogP contribution in [0.4, 0.5) is 11.6 Å². The van der Waals surface area contributed by atoms with Crippen molar-refractivity contribution in [1.82, 2.24) is 25.1 Å². The Morgan fingerprint density at radius 1 is 1.26 bits per heavy atom. The van der Waals surface area contributed by atoms with Gasteiger partial charge >= 0.3 is 0 Å². The number of guanidine groups is 1. The number of morpholine rings is 1. The Kier molecular flexibility index (Phi) is 7.40. The molecule has 1 saturated heterocycles. The van der Waals surface area contributed by atoms with Crippen molar-refractivity contribution in [1.29, 1.82) is 0 Å². The molecule has 1 fully saturated rings. The number of carbonyl (C=O) groups is 1. The van der Waals surface area contributed by atoms with E-state index in [0.717, 1.165) is 18.7 Å². The molecule has 3 atom stereocenters. The van der Waals surface area contributed by atoms with Crippen LogP contribution < -0.4 is 20.5 Å². The molecule has 0 unspecified atom stereocenters. The van der Waals surface area contributed by atoms with Gasteiger partial charge in [-0.15, -0.1) is 0 Å². The molecule has 0 spiro atoms. The molecule has 38 heavy (non-hydrogen) atoms. The number of nitrogens with zero attached hydrogens (tertiary/aromatic N) is 6. The number of benzene rings is 1. The van der Waals surface area contributed by atoms with E-state index in [2.05, 4.69) is 25.2 Å². The minimum absolute atomic E-state index is 0.0762. The molecule has 0 bridgehead atoms. The summed E-state index contributed by atoms with van der Waals surface area (Å²) in [5.41, 5.74) is 7.02. The van der Waals surface area contributed by atoms with Crippen molar-refractivity contribution in [3.63, 3.8) is 0 Å². The van der Waals surface area contributed by atoms with Gasteiger partial charge in [-0.2, -0.15) is 0 Å². The summed E-state index contributed by atoms with van der Waals surface area (Å²) in [6, 6.07) is 3.64. The average Bonchev–Trinajstić information content (AvgIpc) is 3.37. The number of ether oxygens (including phenoxy) is 3. The molecular formula is C25H32N8O5. The van der Waals surface area contributed by atoms with Crippen molar-refractivity contribution in [3.8, 4) is 11.5 Å². The van der Waals surface area contributed by atoms with E-state index in [-0.39, 0.29) is 30.3 Å². The van der Waals surface area contributed by atoms with Crippen LogP contribution in [0.3, 0.4) is 0 Å². The van der Waals surface area contributed by atoms with Gasteiger partial charge in [-0.05, 0) is 26.0 Å². The van der Waals surface area contributed by atoms with Gasteiger partial charge in [0.25, 0.3) is 5.91 Å². The quantitative estimate of drug-likeness (QED) is 0.463. The molecule has 13 heteroatoms. The third-order valence-electron chi connectivity index (χ3n) is 6.41. The number of aromatic nitrogens is 2. The lowest BCUT2D eigenvalue weighted by Gasteiger charge is -2.36. The van der Waals surface area contributed by atoms with Crippen LogP contribution in [0.1, 0.15) is 29.8 Å². The molecule has 0 radical (unpaired) electrons. The predicted octanol–water partition coefficient (Wildman–Crippen LogP) is 0.410. The minimum Gasteiger partial charge on any atom is -0.491 e. The zero-order valence-electron chi connectivity index (χ0n) is 21.6. The van der Waals surface area contributed by atoms with Gasteiger partial charge in [-0.25, -0.2) is 15.0 Å². The number of carbonyl (C=O) groups excluding carboxylic acids is 1. The molecule has 2 aromatic rings. The molecule has 5 rings (SSSR count). The second kappa shape index (κ2) is 10.9. The summed E-state index contributed by atoms with van der Waals surface area (Å²) >= 11 is 0. The lowest BCUT2D eigenvalue weighted by molar-refractivity contribution is -0.0787. The smallest absolute Gasteiger partial charge is 0.261 e. The molecule has 202 valence electrons. The van der Waals surface area contributed by atoms with Crippen LogP contribution >= 0.6 is 0 Å². The first-order valence-corrected chi connectivity index (χ1v) is 12.5. The Morgan fingerprint density at radius 2 is 2.00 bits per heavy atom. The number of nitrogen functional groups attached to an aromatic ring is 1. The number of hydrogen-bond donors (Lipinski definition) is 3. The van der Waals surface area contributed by atoms with E-state index in [1.807, 2.05) is 24.8 Å². The minimum atomic E-state index is -0.705. The number of aliphatic hydroxyl groups excluding tert-OH is 1. The average molecular weight is 525 g/mol. The Bertz CT molecular complexity index is 1240. The summed E-state index contributed by atoms with van der Waals surface area (Å²) in [7, 11) is 1.53. The zero-order valence-corrected chi connectivity index (χ0v) is 21.6.